The minimum absolute atomic E-state index is 0.0574. The third kappa shape index (κ3) is 24.0. The molecule has 0 aromatic carbocycles. The number of amides is 11. The normalized spacial score (nSPS) is 26.4. The van der Waals surface area contributed by atoms with Crippen LogP contribution in [-0.4, -0.2) is 256 Å². The molecule has 1 aliphatic heterocycles. The van der Waals surface area contributed by atoms with E-state index in [1.54, 1.807) is 74.5 Å². The van der Waals surface area contributed by atoms with Gasteiger partial charge < -0.3 is 71.1 Å². The fraction of sp³-hybridized carbons (Fsp3) is 0.797. The van der Waals surface area contributed by atoms with E-state index in [2.05, 4.69) is 21.3 Å². The van der Waals surface area contributed by atoms with Crippen LogP contribution >= 0.6 is 11.8 Å². The van der Waals surface area contributed by atoms with Crippen LogP contribution in [0.25, 0.3) is 0 Å². The topological polar surface area (TPSA) is 331 Å². The van der Waals surface area contributed by atoms with Gasteiger partial charge in [0.2, 0.25) is 65.0 Å². The van der Waals surface area contributed by atoms with Crippen molar-refractivity contribution in [2.75, 3.05) is 62.2 Å². The zero-order chi connectivity index (χ0) is 74.6. The summed E-state index contributed by atoms with van der Waals surface area (Å²) in [7, 11) is 11.0. The number of carbonyl (C=O) groups is 12. The van der Waals surface area contributed by atoms with Crippen LogP contribution in [0.5, 0.6) is 0 Å². The Balaban J connectivity index is 4.64. The van der Waals surface area contributed by atoms with Crippen LogP contribution in [0.3, 0.4) is 0 Å². The number of likely N-dealkylation sites (N-methyl/N-ethyl adjacent to an activating group) is 7. The molecule has 0 aliphatic carbocycles. The highest BCUT2D eigenvalue weighted by molar-refractivity contribution is 8.00. The van der Waals surface area contributed by atoms with Crippen molar-refractivity contribution in [2.24, 2.45) is 47.2 Å². The lowest BCUT2D eigenvalue weighted by atomic mass is 9.91. The quantitative estimate of drug-likeness (QED) is 0.0748. The van der Waals surface area contributed by atoms with E-state index in [0.29, 0.717) is 0 Å². The Hall–Kier alpha value is -6.35. The molecule has 27 heteroatoms. The number of esters is 1. The smallest absolute Gasteiger partial charge is 0.324 e. The van der Waals surface area contributed by atoms with E-state index in [1.165, 1.54) is 94.8 Å². The molecule has 1 aliphatic rings. The number of methoxy groups -OCH3 is 1. The molecule has 0 bridgehead atoms. The number of ether oxygens (including phenoxy) is 1. The molecule has 0 unspecified atom stereocenters. The number of aliphatic hydroxyl groups is 1. The maximum atomic E-state index is 15.5. The summed E-state index contributed by atoms with van der Waals surface area (Å²) in [5.74, 6) is -11.6. The predicted molar refractivity (Wildman–Crippen MR) is 374 cm³/mol. The van der Waals surface area contributed by atoms with Gasteiger partial charge >= 0.3 is 5.97 Å². The van der Waals surface area contributed by atoms with E-state index in [-0.39, 0.29) is 67.9 Å². The largest absolute Gasteiger partial charge is 0.468 e. The summed E-state index contributed by atoms with van der Waals surface area (Å²) < 4.78 is 3.84. The zero-order valence-corrected chi connectivity index (χ0v) is 63.8. The number of nitrogens with one attached hydrogen (secondary N) is 4. The Morgan fingerprint density at radius 1 is 0.521 bits per heavy atom. The van der Waals surface area contributed by atoms with Crippen LogP contribution < -0.4 is 27.0 Å². The first-order valence-electron chi connectivity index (χ1n) is 34.1. The van der Waals surface area contributed by atoms with Crippen LogP contribution in [-0.2, 0) is 62.3 Å². The molecule has 0 spiro atoms. The highest BCUT2D eigenvalue weighted by Gasteiger charge is 2.47. The van der Waals surface area contributed by atoms with Crippen molar-refractivity contribution in [3.8, 4) is 0 Å². The lowest BCUT2D eigenvalue weighted by Crippen LogP contribution is -2.64. The van der Waals surface area contributed by atoms with Crippen molar-refractivity contribution in [2.45, 2.75) is 253 Å². The van der Waals surface area contributed by atoms with Gasteiger partial charge in [-0.1, -0.05) is 109 Å². The van der Waals surface area contributed by atoms with Crippen molar-refractivity contribution in [1.29, 1.82) is 0 Å². The first-order valence-corrected chi connectivity index (χ1v) is 35.1. The molecule has 1 saturated heterocycles. The molecule has 0 radical (unpaired) electrons. The Kier molecular flexibility index (Phi) is 35.9. The van der Waals surface area contributed by atoms with Gasteiger partial charge in [0.05, 0.1) is 13.2 Å². The maximum Gasteiger partial charge on any atom is 0.324 e. The summed E-state index contributed by atoms with van der Waals surface area (Å²) in [5, 5.41) is 23.4. The van der Waals surface area contributed by atoms with E-state index in [1.807, 2.05) is 55.4 Å². The number of hydrogen-bond acceptors (Lipinski definition) is 16. The van der Waals surface area contributed by atoms with E-state index < -0.39 is 172 Å². The summed E-state index contributed by atoms with van der Waals surface area (Å²) >= 11 is 1.08. The number of aliphatic hydroxyl groups excluding tert-OH is 1. The lowest BCUT2D eigenvalue weighted by molar-refractivity contribution is -0.157. The van der Waals surface area contributed by atoms with Crippen molar-refractivity contribution < 1.29 is 67.4 Å². The average Bonchev–Trinajstić information content (AvgIpc) is 0.805. The Morgan fingerprint density at radius 2 is 0.917 bits per heavy atom. The number of hydrogen-bond donors (Lipinski definition) is 6. The Labute approximate surface area is 578 Å². The van der Waals surface area contributed by atoms with Gasteiger partial charge in [0.1, 0.15) is 72.5 Å². The van der Waals surface area contributed by atoms with E-state index in [4.69, 9.17) is 10.5 Å². The van der Waals surface area contributed by atoms with Crippen LogP contribution in [0.4, 0.5) is 0 Å². The summed E-state index contributed by atoms with van der Waals surface area (Å²) in [4.78, 5) is 186. The fourth-order valence-electron chi connectivity index (χ4n) is 11.8. The monoisotopic (exact) mass is 1380 g/mol. The van der Waals surface area contributed by atoms with Crippen LogP contribution in [0, 0.1) is 41.4 Å². The van der Waals surface area contributed by atoms with Gasteiger partial charge in [-0.15, -0.1) is 0 Å². The third-order valence-electron chi connectivity index (χ3n) is 18.2. The first-order chi connectivity index (χ1) is 44.2. The highest BCUT2D eigenvalue weighted by atomic mass is 32.2. The fourth-order valence-corrected chi connectivity index (χ4v) is 13.0. The standard InChI is InChI=1S/C69H124N12O14S/c1-28-30-31-43(15)55(82)54-60(86)73-46(29-2)62(88)79(24)51(36-96-69(18,19)56(70)68(94)95-27)65(91)75(20)48(33-38(5)6)59(85)74-52(41(11)12)66(92)76(21)47(32-37(3)4)58(84)71-44(16)57(83)72-45(17)61(87)77(22)49(34-39(7)8)63(89)78(23)50(35-40(9)10)64(90)80(25)53(42(13)14)67(93)81(54)26/h28,30,37-56,82H,29,31-36,70H2,1-27H3,(H,71,84)(H,72,83)(H,73,86)(H,74,85)/b30-28+/t43-,44-,45+,46-,47-,48+,49-,50-,51-,52-,53-,54-,55-,56+/m1/s1. The average molecular weight is 1380 g/mol. The van der Waals surface area contributed by atoms with Crippen molar-refractivity contribution >= 4 is 82.7 Å². The molecule has 1 rings (SSSR count). The van der Waals surface area contributed by atoms with Crippen molar-refractivity contribution in [1.82, 2.24) is 55.6 Å². The number of carbonyl (C=O) groups excluding carboxylic acids is 12. The number of nitrogens with zero attached hydrogens (tertiary/aromatic N) is 7. The Morgan fingerprint density at radius 3 is 1.35 bits per heavy atom. The lowest BCUT2D eigenvalue weighted by Gasteiger charge is -2.41. The summed E-state index contributed by atoms with van der Waals surface area (Å²) in [6, 6.07) is -15.7. The number of thioether (sulfide) groups is 1. The van der Waals surface area contributed by atoms with Gasteiger partial charge in [0.25, 0.3) is 0 Å². The molecule has 1 heterocycles. The van der Waals surface area contributed by atoms with E-state index >= 15 is 33.6 Å². The van der Waals surface area contributed by atoms with Crippen molar-refractivity contribution in [3.05, 3.63) is 12.2 Å². The van der Waals surface area contributed by atoms with Gasteiger partial charge in [-0.2, -0.15) is 11.8 Å². The van der Waals surface area contributed by atoms with Gasteiger partial charge in [0, 0.05) is 59.8 Å². The van der Waals surface area contributed by atoms with Crippen molar-refractivity contribution in [3.63, 3.8) is 0 Å². The molecule has 1 fully saturated rings. The second kappa shape index (κ2) is 39.3. The van der Waals surface area contributed by atoms with Gasteiger partial charge in [-0.25, -0.2) is 0 Å². The van der Waals surface area contributed by atoms with Gasteiger partial charge in [-0.3, -0.25) is 57.5 Å². The second-order valence-electron chi connectivity index (χ2n) is 29.2. The number of rotatable bonds is 20. The van der Waals surface area contributed by atoms with Crippen LogP contribution in [0.2, 0.25) is 0 Å². The molecule has 0 aromatic heterocycles. The number of nitrogens with two attached hydrogens (primary N) is 1. The molecular weight excluding hydrogens is 1250 g/mol. The predicted octanol–water partition coefficient (Wildman–Crippen LogP) is 3.65. The molecule has 14 atom stereocenters. The maximum absolute atomic E-state index is 15.5. The SMILES string of the molecule is C/C=C/C[C@@H](C)[C@@H](O)[C@@H]1C(=O)N[C@H](CC)C(=O)N(C)[C@H](CSC(C)(C)[C@@H](N)C(=O)OC)C(=O)N(C)[C@@H](CC(C)C)C(=O)N[C@H](C(C)C)C(=O)N(C)[C@H](CC(C)C)C(=O)N[C@H](C)C(=O)N[C@@H](C)C(=O)N(C)[C@H](CC(C)C)C(=O)N(C)[C@H](CC(C)C)C(=O)N(C)[C@H](C(C)C)C(=O)N1C. The molecule has 550 valence electrons. The Bertz CT molecular complexity index is 2690. The van der Waals surface area contributed by atoms with Crippen LogP contribution in [0.15, 0.2) is 12.2 Å². The third-order valence-corrected chi connectivity index (χ3v) is 19.7. The van der Waals surface area contributed by atoms with Gasteiger partial charge in [-0.05, 0) is 115 Å². The molecular formula is C69H124N12O14S. The van der Waals surface area contributed by atoms with Gasteiger partial charge in [0.15, 0.2) is 0 Å². The molecule has 7 N–H and O–H groups in total. The molecule has 11 amide bonds. The van der Waals surface area contributed by atoms with E-state index in [0.717, 1.165) is 21.6 Å². The summed E-state index contributed by atoms with van der Waals surface area (Å²) in [6.07, 6.45) is 2.60. The summed E-state index contributed by atoms with van der Waals surface area (Å²) in [5.41, 5.74) is 6.42. The highest BCUT2D eigenvalue weighted by Crippen LogP contribution is 2.31. The second-order valence-corrected chi connectivity index (χ2v) is 30.9. The van der Waals surface area contributed by atoms with E-state index in [9.17, 15) is 29.1 Å². The zero-order valence-electron chi connectivity index (χ0n) is 63.0. The van der Waals surface area contributed by atoms with Crippen LogP contribution in [0.1, 0.15) is 170 Å². The minimum Gasteiger partial charge on any atom is -0.468 e. The minimum atomic E-state index is -1.70. The number of allylic oxidation sites excluding steroid dienone is 2. The summed E-state index contributed by atoms with van der Waals surface area (Å²) in [6.45, 7) is 32.9. The molecule has 0 saturated carbocycles. The molecule has 0 aromatic rings. The molecule has 96 heavy (non-hydrogen) atoms. The molecule has 26 nitrogen and oxygen atoms in total. The first kappa shape index (κ1) is 87.7.